The third kappa shape index (κ3) is 3.63. The van der Waals surface area contributed by atoms with Crippen LogP contribution in [-0.4, -0.2) is 79.4 Å². The van der Waals surface area contributed by atoms with Crippen molar-refractivity contribution in [3.05, 3.63) is 6.20 Å². The summed E-state index contributed by atoms with van der Waals surface area (Å²) in [5, 5.41) is 11.5. The number of nitrogens with one attached hydrogen (secondary N) is 1. The summed E-state index contributed by atoms with van der Waals surface area (Å²) in [6.45, 7) is 4.81. The molecule has 8 nitrogen and oxygen atoms in total. The number of likely N-dealkylation sites (N-methyl/N-ethyl adjacent to an activating group) is 1. The van der Waals surface area contributed by atoms with Gasteiger partial charge in [-0.25, -0.2) is 0 Å². The Labute approximate surface area is 130 Å². The summed E-state index contributed by atoms with van der Waals surface area (Å²) in [5.41, 5.74) is 0. The summed E-state index contributed by atoms with van der Waals surface area (Å²) in [6.07, 6.45) is 3.34. The van der Waals surface area contributed by atoms with Crippen LogP contribution in [0.4, 0.5) is 11.8 Å². The van der Waals surface area contributed by atoms with Gasteiger partial charge in [0.2, 0.25) is 5.95 Å². The normalized spacial score (nSPS) is 20.8. The molecule has 22 heavy (non-hydrogen) atoms. The molecule has 0 amide bonds. The van der Waals surface area contributed by atoms with Crippen LogP contribution in [0, 0.1) is 0 Å². The minimum atomic E-state index is -0.370. The molecule has 0 unspecified atom stereocenters. The van der Waals surface area contributed by atoms with E-state index in [2.05, 4.69) is 30.3 Å². The van der Waals surface area contributed by atoms with Crippen LogP contribution in [0.2, 0.25) is 0 Å². The van der Waals surface area contributed by atoms with Crippen molar-refractivity contribution in [2.75, 3.05) is 63.7 Å². The minimum absolute atomic E-state index is 0.370. The molecule has 1 spiro atoms. The van der Waals surface area contributed by atoms with Gasteiger partial charge in [-0.1, -0.05) is 0 Å². The van der Waals surface area contributed by atoms with Gasteiger partial charge >= 0.3 is 0 Å². The van der Waals surface area contributed by atoms with E-state index in [4.69, 9.17) is 9.47 Å². The highest BCUT2D eigenvalue weighted by Gasteiger charge is 2.40. The fourth-order valence-corrected chi connectivity index (χ4v) is 2.75. The number of nitrogens with zero attached hydrogens (tertiary/aromatic N) is 5. The lowest BCUT2D eigenvalue weighted by Gasteiger charge is -2.37. The summed E-state index contributed by atoms with van der Waals surface area (Å²) < 4.78 is 11.5. The van der Waals surface area contributed by atoms with Gasteiger partial charge in [0.25, 0.3) is 0 Å². The van der Waals surface area contributed by atoms with E-state index in [1.807, 2.05) is 14.1 Å². The highest BCUT2D eigenvalue weighted by molar-refractivity contribution is 5.39. The van der Waals surface area contributed by atoms with Crippen LogP contribution in [0.5, 0.6) is 0 Å². The third-order valence-electron chi connectivity index (χ3n) is 4.03. The maximum atomic E-state index is 5.74. The topological polar surface area (TPSA) is 75.6 Å². The Morgan fingerprint density at radius 3 is 2.68 bits per heavy atom. The molecule has 3 heterocycles. The Hall–Kier alpha value is -1.51. The summed E-state index contributed by atoms with van der Waals surface area (Å²) in [7, 11) is 4.09. The molecule has 0 aliphatic carbocycles. The molecule has 2 saturated heterocycles. The van der Waals surface area contributed by atoms with Crippen LogP contribution in [-0.2, 0) is 9.47 Å². The van der Waals surface area contributed by atoms with Gasteiger partial charge in [0.15, 0.2) is 11.6 Å². The third-order valence-corrected chi connectivity index (χ3v) is 4.03. The monoisotopic (exact) mass is 308 g/mol. The van der Waals surface area contributed by atoms with E-state index in [-0.39, 0.29) is 5.79 Å². The van der Waals surface area contributed by atoms with Crippen molar-refractivity contribution in [2.45, 2.75) is 18.6 Å². The molecule has 1 N–H and O–H groups in total. The molecule has 1 aromatic heterocycles. The van der Waals surface area contributed by atoms with E-state index in [0.717, 1.165) is 44.8 Å². The van der Waals surface area contributed by atoms with Gasteiger partial charge in [-0.15, -0.1) is 5.10 Å². The lowest BCUT2D eigenvalue weighted by atomic mass is 10.0. The number of ether oxygens (including phenoxy) is 2. The van der Waals surface area contributed by atoms with Crippen LogP contribution in [0.15, 0.2) is 6.20 Å². The number of rotatable bonds is 5. The van der Waals surface area contributed by atoms with Gasteiger partial charge in [-0.2, -0.15) is 10.1 Å². The van der Waals surface area contributed by atoms with Gasteiger partial charge in [-0.05, 0) is 14.1 Å². The Bertz CT molecular complexity index is 482. The van der Waals surface area contributed by atoms with E-state index >= 15 is 0 Å². The molecule has 8 heteroatoms. The Kier molecular flexibility index (Phi) is 4.70. The minimum Gasteiger partial charge on any atom is -0.367 e. The van der Waals surface area contributed by atoms with E-state index in [9.17, 15) is 0 Å². The Morgan fingerprint density at radius 2 is 2.00 bits per heavy atom. The summed E-state index contributed by atoms with van der Waals surface area (Å²) in [6, 6.07) is 0. The van der Waals surface area contributed by atoms with E-state index in [1.165, 1.54) is 0 Å². The van der Waals surface area contributed by atoms with Crippen molar-refractivity contribution >= 4 is 11.8 Å². The maximum Gasteiger partial charge on any atom is 0.247 e. The summed E-state index contributed by atoms with van der Waals surface area (Å²) >= 11 is 0. The SMILES string of the molecule is CN(C)CCNc1cnnc(N2CCC3(CC2)OCCO3)n1. The van der Waals surface area contributed by atoms with Gasteiger partial charge in [0.05, 0.1) is 19.4 Å². The van der Waals surface area contributed by atoms with Gasteiger partial charge in [0, 0.05) is 39.0 Å². The van der Waals surface area contributed by atoms with Crippen LogP contribution in [0.1, 0.15) is 12.8 Å². The predicted octanol–water partition coefficient (Wildman–Crippen LogP) is 0.188. The predicted molar refractivity (Wildman–Crippen MR) is 83.0 cm³/mol. The lowest BCUT2D eigenvalue weighted by molar-refractivity contribution is -0.169. The van der Waals surface area contributed by atoms with E-state index in [0.29, 0.717) is 19.2 Å². The van der Waals surface area contributed by atoms with Crippen molar-refractivity contribution in [1.82, 2.24) is 20.1 Å². The highest BCUT2D eigenvalue weighted by Crippen LogP contribution is 2.32. The zero-order valence-electron chi connectivity index (χ0n) is 13.3. The smallest absolute Gasteiger partial charge is 0.247 e. The molecule has 0 saturated carbocycles. The van der Waals surface area contributed by atoms with Crippen molar-refractivity contribution in [3.63, 3.8) is 0 Å². The molecule has 2 aliphatic rings. The Balaban J connectivity index is 1.56. The number of piperidine rings is 1. The number of aromatic nitrogens is 3. The van der Waals surface area contributed by atoms with E-state index in [1.54, 1.807) is 6.20 Å². The first-order valence-corrected chi connectivity index (χ1v) is 7.78. The zero-order chi connectivity index (χ0) is 15.4. The van der Waals surface area contributed by atoms with E-state index < -0.39 is 0 Å². The fourth-order valence-electron chi connectivity index (χ4n) is 2.75. The molecule has 1 aromatic rings. The number of anilines is 2. The van der Waals surface area contributed by atoms with Crippen LogP contribution >= 0.6 is 0 Å². The first kappa shape index (κ1) is 15.4. The van der Waals surface area contributed by atoms with Crippen molar-refractivity contribution in [3.8, 4) is 0 Å². The molecule has 2 aliphatic heterocycles. The molecular weight excluding hydrogens is 284 g/mol. The largest absolute Gasteiger partial charge is 0.367 e. The van der Waals surface area contributed by atoms with Gasteiger partial charge < -0.3 is 24.6 Å². The zero-order valence-corrected chi connectivity index (χ0v) is 13.3. The summed E-state index contributed by atoms with van der Waals surface area (Å²) in [4.78, 5) is 8.81. The molecular formula is C14H24N6O2. The second kappa shape index (κ2) is 6.72. The second-order valence-electron chi connectivity index (χ2n) is 5.97. The highest BCUT2D eigenvalue weighted by atomic mass is 16.7. The van der Waals surface area contributed by atoms with Crippen molar-refractivity contribution < 1.29 is 9.47 Å². The van der Waals surface area contributed by atoms with Crippen molar-refractivity contribution in [1.29, 1.82) is 0 Å². The maximum absolute atomic E-state index is 5.74. The standard InChI is InChI=1S/C14H24N6O2/c1-19(2)8-5-15-12-11-16-18-13(17-12)20-6-3-14(4-7-20)21-9-10-22-14/h11H,3-10H2,1-2H3,(H,15,17,18). The Morgan fingerprint density at radius 1 is 1.27 bits per heavy atom. The molecule has 3 rings (SSSR count). The lowest BCUT2D eigenvalue weighted by Crippen LogP contribution is -2.45. The first-order valence-electron chi connectivity index (χ1n) is 7.78. The molecule has 122 valence electrons. The van der Waals surface area contributed by atoms with Gasteiger partial charge in [-0.3, -0.25) is 0 Å². The average molecular weight is 308 g/mol. The molecule has 0 aromatic carbocycles. The molecule has 0 radical (unpaired) electrons. The quantitative estimate of drug-likeness (QED) is 0.826. The average Bonchev–Trinajstić information content (AvgIpc) is 2.96. The second-order valence-corrected chi connectivity index (χ2v) is 5.97. The van der Waals surface area contributed by atoms with Crippen LogP contribution in [0.25, 0.3) is 0 Å². The first-order chi connectivity index (χ1) is 10.7. The number of hydrogen-bond acceptors (Lipinski definition) is 8. The summed E-state index contributed by atoms with van der Waals surface area (Å²) in [5.74, 6) is 1.06. The van der Waals surface area contributed by atoms with Crippen LogP contribution in [0.3, 0.4) is 0 Å². The number of hydrogen-bond donors (Lipinski definition) is 1. The van der Waals surface area contributed by atoms with Crippen LogP contribution < -0.4 is 10.2 Å². The van der Waals surface area contributed by atoms with Gasteiger partial charge in [0.1, 0.15) is 0 Å². The fraction of sp³-hybridized carbons (Fsp3) is 0.786. The molecule has 0 atom stereocenters. The molecule has 2 fully saturated rings. The molecule has 0 bridgehead atoms. The van der Waals surface area contributed by atoms with Crippen molar-refractivity contribution in [2.24, 2.45) is 0 Å².